The van der Waals surface area contributed by atoms with Crippen LogP contribution in [-0.4, -0.2) is 117 Å². The van der Waals surface area contributed by atoms with Gasteiger partial charge in [-0.05, 0) is 71.9 Å². The van der Waals surface area contributed by atoms with Crippen molar-refractivity contribution >= 4 is 78.1 Å². The number of benzene rings is 2. The Morgan fingerprint density at radius 1 is 0.677 bits per heavy atom. The number of imidazole rings is 2. The van der Waals surface area contributed by atoms with Gasteiger partial charge >= 0.3 is 12.2 Å². The minimum Gasteiger partial charge on any atom is -0.453 e. The molecule has 6 heterocycles. The van der Waals surface area contributed by atoms with Crippen LogP contribution in [0.3, 0.4) is 0 Å². The first-order valence-corrected chi connectivity index (χ1v) is 23.1. The maximum atomic E-state index is 14.1. The van der Waals surface area contributed by atoms with Crippen LogP contribution in [0.1, 0.15) is 78.1 Å². The molecule has 2 fully saturated rings. The number of carbonyl (C=O) groups is 4. The van der Waals surface area contributed by atoms with E-state index < -0.39 is 24.3 Å². The number of methoxy groups -OCH3 is 2. The zero-order valence-electron chi connectivity index (χ0n) is 37.0. The molecule has 16 heteroatoms. The summed E-state index contributed by atoms with van der Waals surface area (Å²) in [5, 5.41) is 4.42. The zero-order chi connectivity index (χ0) is 44.3. The monoisotopic (exact) mass is 880 g/mol. The molecular weight excluding hydrogens is 825 g/mol. The number of fused-ring (bicyclic) bond motifs is 3. The SMILES string of the molecule is COC(=O)N(C)[C@H](C(=O)N1C[C@@H](C)C[C@H]1c1nc2cc(-c3csc4c(-c5ccc6[nH]c([C@@H]7C[C@H](C)CN7C(=O)[C@H](C(C)C)N(C)C(=O)OC)nc6c5)csc34)ccc2[nH]1)C(C)C. The number of nitrogens with zero attached hydrogens (tertiary/aromatic N) is 6. The topological polar surface area (TPSA) is 157 Å². The number of thiophene rings is 2. The van der Waals surface area contributed by atoms with Crippen LogP contribution in [0.15, 0.2) is 47.2 Å². The highest BCUT2D eigenvalue weighted by Crippen LogP contribution is 2.45. The lowest BCUT2D eigenvalue weighted by Crippen LogP contribution is -2.52. The molecule has 0 bridgehead atoms. The first-order chi connectivity index (χ1) is 29.6. The lowest BCUT2D eigenvalue weighted by Gasteiger charge is -2.34. The second-order valence-corrected chi connectivity index (χ2v) is 19.7. The van der Waals surface area contributed by atoms with Crippen molar-refractivity contribution in [3.05, 3.63) is 58.8 Å². The summed E-state index contributed by atoms with van der Waals surface area (Å²) < 4.78 is 12.3. The van der Waals surface area contributed by atoms with Crippen molar-refractivity contribution in [2.45, 2.75) is 78.6 Å². The first kappa shape index (κ1) is 43.2. The summed E-state index contributed by atoms with van der Waals surface area (Å²) in [4.78, 5) is 76.9. The number of aromatic amines is 2. The van der Waals surface area contributed by atoms with Crippen LogP contribution >= 0.6 is 22.7 Å². The fourth-order valence-electron chi connectivity index (χ4n) is 9.67. The number of hydrogen-bond acceptors (Lipinski definition) is 10. The number of rotatable bonds is 10. The quantitative estimate of drug-likeness (QED) is 0.138. The number of hydrogen-bond donors (Lipinski definition) is 2. The van der Waals surface area contributed by atoms with Crippen molar-refractivity contribution < 1.29 is 28.7 Å². The van der Waals surface area contributed by atoms with Gasteiger partial charge in [0.2, 0.25) is 11.8 Å². The van der Waals surface area contributed by atoms with E-state index in [9.17, 15) is 19.2 Å². The molecule has 0 unspecified atom stereocenters. The molecule has 4 aromatic heterocycles. The van der Waals surface area contributed by atoms with E-state index in [1.165, 1.54) is 33.4 Å². The highest BCUT2D eigenvalue weighted by atomic mass is 32.1. The molecule has 328 valence electrons. The van der Waals surface area contributed by atoms with Gasteiger partial charge in [0.15, 0.2) is 0 Å². The first-order valence-electron chi connectivity index (χ1n) is 21.3. The predicted molar refractivity (Wildman–Crippen MR) is 244 cm³/mol. The molecular formula is C46H56N8O6S2. The summed E-state index contributed by atoms with van der Waals surface area (Å²) in [6.07, 6.45) is 0.469. The average molecular weight is 881 g/mol. The van der Waals surface area contributed by atoms with Crippen molar-refractivity contribution in [3.8, 4) is 22.3 Å². The number of amides is 4. The van der Waals surface area contributed by atoms with E-state index in [1.54, 1.807) is 36.8 Å². The number of H-pyrrole nitrogens is 2. The lowest BCUT2D eigenvalue weighted by atomic mass is 10.0. The molecule has 4 amide bonds. The van der Waals surface area contributed by atoms with Gasteiger partial charge in [-0.1, -0.05) is 53.7 Å². The summed E-state index contributed by atoms with van der Waals surface area (Å²) in [5.41, 5.74) is 7.89. The van der Waals surface area contributed by atoms with Crippen LogP contribution in [0.2, 0.25) is 0 Å². The third-order valence-electron chi connectivity index (χ3n) is 12.7. The summed E-state index contributed by atoms with van der Waals surface area (Å²) in [6.45, 7) is 13.2. The summed E-state index contributed by atoms with van der Waals surface area (Å²) in [7, 11) is 5.90. The largest absolute Gasteiger partial charge is 0.453 e. The van der Waals surface area contributed by atoms with E-state index in [0.29, 0.717) is 13.1 Å². The van der Waals surface area contributed by atoms with Crippen molar-refractivity contribution in [1.29, 1.82) is 0 Å². The zero-order valence-corrected chi connectivity index (χ0v) is 38.6. The second-order valence-electron chi connectivity index (χ2n) is 17.9. The molecule has 62 heavy (non-hydrogen) atoms. The van der Waals surface area contributed by atoms with Gasteiger partial charge < -0.3 is 29.2 Å². The summed E-state index contributed by atoms with van der Waals surface area (Å²) in [5.74, 6) is 1.62. The Morgan fingerprint density at radius 3 is 1.42 bits per heavy atom. The molecule has 2 N–H and O–H groups in total. The average Bonchev–Trinajstić information content (AvgIpc) is 4.10. The molecule has 8 rings (SSSR count). The van der Waals surface area contributed by atoms with Gasteiger partial charge in [0.1, 0.15) is 23.7 Å². The Balaban J connectivity index is 1.04. The molecule has 0 saturated carbocycles. The lowest BCUT2D eigenvalue weighted by molar-refractivity contribution is -0.139. The summed E-state index contributed by atoms with van der Waals surface area (Å²) >= 11 is 3.44. The number of nitrogens with one attached hydrogen (secondary N) is 2. The van der Waals surface area contributed by atoms with E-state index in [0.717, 1.165) is 68.8 Å². The molecule has 2 aliphatic rings. The third-order valence-corrected chi connectivity index (χ3v) is 14.8. The van der Waals surface area contributed by atoms with E-state index in [1.807, 2.05) is 37.5 Å². The molecule has 6 aromatic rings. The minimum absolute atomic E-state index is 0.104. The fourth-order valence-corrected chi connectivity index (χ4v) is 12.1. The Kier molecular flexibility index (Phi) is 11.8. The van der Waals surface area contributed by atoms with Crippen LogP contribution in [0, 0.1) is 23.7 Å². The Labute approximate surface area is 369 Å². The number of likely N-dealkylation sites (N-methyl/N-ethyl adjacent to an activating group) is 2. The van der Waals surface area contributed by atoms with Crippen molar-refractivity contribution in [3.63, 3.8) is 0 Å². The van der Waals surface area contributed by atoms with Gasteiger partial charge in [-0.2, -0.15) is 0 Å². The van der Waals surface area contributed by atoms with E-state index in [2.05, 4.69) is 71.0 Å². The number of ether oxygens (including phenoxy) is 2. The number of aromatic nitrogens is 4. The number of carbonyl (C=O) groups excluding carboxylic acids is 4. The van der Waals surface area contributed by atoms with Crippen molar-refractivity contribution in [2.24, 2.45) is 23.7 Å². The van der Waals surface area contributed by atoms with Gasteiger partial charge in [0.05, 0.1) is 57.8 Å². The van der Waals surface area contributed by atoms with Crippen molar-refractivity contribution in [1.82, 2.24) is 39.5 Å². The third kappa shape index (κ3) is 7.69. The van der Waals surface area contributed by atoms with Gasteiger partial charge in [0, 0.05) is 49.1 Å². The van der Waals surface area contributed by atoms with Crippen LogP contribution in [0.5, 0.6) is 0 Å². The smallest absolute Gasteiger partial charge is 0.409 e. The molecule has 14 nitrogen and oxygen atoms in total. The highest BCUT2D eigenvalue weighted by molar-refractivity contribution is 7.27. The van der Waals surface area contributed by atoms with E-state index in [-0.39, 0.29) is 47.6 Å². The minimum atomic E-state index is -0.655. The molecule has 0 aliphatic carbocycles. The van der Waals surface area contributed by atoms with Gasteiger partial charge in [0.25, 0.3) is 0 Å². The molecule has 6 atom stereocenters. The Bertz CT molecular complexity index is 2480. The molecule has 2 aliphatic heterocycles. The summed E-state index contributed by atoms with van der Waals surface area (Å²) in [6, 6.07) is 10.8. The Hall–Kier alpha value is -5.48. The van der Waals surface area contributed by atoms with Crippen LogP contribution in [0.4, 0.5) is 9.59 Å². The van der Waals surface area contributed by atoms with E-state index >= 15 is 0 Å². The van der Waals surface area contributed by atoms with Gasteiger partial charge in [-0.25, -0.2) is 19.6 Å². The standard InChI is InChI=1S/C46H56N8O6S2/c1-23(2)37(51(7)45(57)59-9)43(55)53-19-25(5)15-35(53)41-47-31-13-11-27(17-33(31)49-41)29-21-61-40-30(22-62-39(29)40)28-12-14-32-34(18-28)50-42(48-32)36-16-26(6)20-54(36)44(56)38(24(3)4)52(8)46(58)60-10/h11-14,17-18,21-26,35-38H,15-16,19-20H2,1-10H3,(H,47,49)(H,48,50)/t25-,26-,35-,36-,37-,38-/m0/s1. The fraction of sp³-hybridized carbons (Fsp3) is 0.478. The molecule has 2 aromatic carbocycles. The van der Waals surface area contributed by atoms with Gasteiger partial charge in [-0.3, -0.25) is 19.4 Å². The number of likely N-dealkylation sites (tertiary alicyclic amines) is 2. The van der Waals surface area contributed by atoms with Crippen molar-refractivity contribution in [2.75, 3.05) is 41.4 Å². The second kappa shape index (κ2) is 17.0. The maximum Gasteiger partial charge on any atom is 0.409 e. The predicted octanol–water partition coefficient (Wildman–Crippen LogP) is 9.31. The van der Waals surface area contributed by atoms with Crippen LogP contribution in [0.25, 0.3) is 53.7 Å². The molecule has 0 spiro atoms. The van der Waals surface area contributed by atoms with Crippen LogP contribution < -0.4 is 0 Å². The molecule has 0 radical (unpaired) electrons. The van der Waals surface area contributed by atoms with Gasteiger partial charge in [-0.15, -0.1) is 22.7 Å². The highest BCUT2D eigenvalue weighted by Gasteiger charge is 2.43. The van der Waals surface area contributed by atoms with Crippen LogP contribution in [-0.2, 0) is 19.1 Å². The maximum absolute atomic E-state index is 14.1. The Morgan fingerprint density at radius 2 is 1.06 bits per heavy atom. The molecule has 2 saturated heterocycles. The normalized spacial score (nSPS) is 20.2. The van der Waals surface area contributed by atoms with E-state index in [4.69, 9.17) is 19.4 Å².